The molecule has 0 radical (unpaired) electrons. The Morgan fingerprint density at radius 3 is 2.67 bits per heavy atom. The lowest BCUT2D eigenvalue weighted by Gasteiger charge is -2.16. The van der Waals surface area contributed by atoms with E-state index in [0.29, 0.717) is 5.75 Å². The van der Waals surface area contributed by atoms with Gasteiger partial charge >= 0.3 is 0 Å². The average molecular weight is 168 g/mol. The highest BCUT2D eigenvalue weighted by molar-refractivity contribution is 5.43. The summed E-state index contributed by atoms with van der Waals surface area (Å²) in [4.78, 5) is 0. The lowest BCUT2D eigenvalue weighted by molar-refractivity contribution is -0.0444. The van der Waals surface area contributed by atoms with Crippen molar-refractivity contribution in [2.24, 2.45) is 0 Å². The van der Waals surface area contributed by atoms with Crippen LogP contribution >= 0.6 is 0 Å². The number of para-hydroxylation sites is 1. The van der Waals surface area contributed by atoms with Gasteiger partial charge in [-0.3, -0.25) is 0 Å². The fourth-order valence-electron chi connectivity index (χ4n) is 1.20. The van der Waals surface area contributed by atoms with Crippen LogP contribution in [0.25, 0.3) is 0 Å². The van der Waals surface area contributed by atoms with E-state index in [-0.39, 0.29) is 11.6 Å². The van der Waals surface area contributed by atoms with E-state index in [1.807, 2.05) is 0 Å². The van der Waals surface area contributed by atoms with Crippen molar-refractivity contribution in [3.05, 3.63) is 24.0 Å². The van der Waals surface area contributed by atoms with Gasteiger partial charge in [-0.1, -0.05) is 6.07 Å². The van der Waals surface area contributed by atoms with Gasteiger partial charge < -0.3 is 9.47 Å². The highest BCUT2D eigenvalue weighted by Crippen LogP contribution is 2.40. The van der Waals surface area contributed by atoms with Gasteiger partial charge in [-0.05, 0) is 12.1 Å². The first-order chi connectivity index (χ1) is 5.58. The molecule has 3 heteroatoms. The lowest BCUT2D eigenvalue weighted by Crippen LogP contribution is -2.29. The number of halogens is 1. The molecular weight excluding hydrogens is 159 g/mol. The number of hydrogen-bond donors (Lipinski definition) is 0. The van der Waals surface area contributed by atoms with Crippen LogP contribution in [-0.4, -0.2) is 5.79 Å². The highest BCUT2D eigenvalue weighted by Gasteiger charge is 2.33. The minimum Gasteiger partial charge on any atom is -0.449 e. The molecule has 2 rings (SSSR count). The normalized spacial score (nSPS) is 17.9. The maximum absolute atomic E-state index is 13.0. The van der Waals surface area contributed by atoms with Crippen molar-refractivity contribution in [1.82, 2.24) is 0 Å². The number of hydrogen-bond acceptors (Lipinski definition) is 2. The number of rotatable bonds is 0. The van der Waals surface area contributed by atoms with Gasteiger partial charge in [0.1, 0.15) is 0 Å². The fourth-order valence-corrected chi connectivity index (χ4v) is 1.20. The first-order valence-electron chi connectivity index (χ1n) is 3.75. The minimum atomic E-state index is -0.746. The third-order valence-corrected chi connectivity index (χ3v) is 1.63. The Morgan fingerprint density at radius 2 is 2.00 bits per heavy atom. The first-order valence-corrected chi connectivity index (χ1v) is 3.75. The van der Waals surface area contributed by atoms with Gasteiger partial charge in [0.15, 0.2) is 11.6 Å². The topological polar surface area (TPSA) is 18.5 Å². The molecule has 0 aromatic heterocycles. The van der Waals surface area contributed by atoms with Crippen molar-refractivity contribution in [1.29, 1.82) is 0 Å². The summed E-state index contributed by atoms with van der Waals surface area (Å²) in [5.74, 6) is -0.439. The van der Waals surface area contributed by atoms with Crippen LogP contribution in [0.15, 0.2) is 18.2 Å². The summed E-state index contributed by atoms with van der Waals surface area (Å²) in [6.45, 7) is 3.48. The molecule has 1 aliphatic heterocycles. The molecule has 0 atom stereocenters. The molecule has 2 nitrogen and oxygen atoms in total. The number of benzene rings is 1. The van der Waals surface area contributed by atoms with Crippen molar-refractivity contribution < 1.29 is 13.9 Å². The van der Waals surface area contributed by atoms with Crippen LogP contribution in [0.5, 0.6) is 11.5 Å². The molecule has 0 amide bonds. The summed E-state index contributed by atoms with van der Waals surface area (Å²) >= 11 is 0. The second kappa shape index (κ2) is 2.12. The van der Waals surface area contributed by atoms with Gasteiger partial charge in [0.05, 0.1) is 0 Å². The van der Waals surface area contributed by atoms with E-state index in [1.165, 1.54) is 6.07 Å². The van der Waals surface area contributed by atoms with Crippen molar-refractivity contribution in [2.75, 3.05) is 0 Å². The van der Waals surface area contributed by atoms with Crippen molar-refractivity contribution >= 4 is 0 Å². The summed E-state index contributed by atoms with van der Waals surface area (Å²) in [6.07, 6.45) is 0. The zero-order valence-electron chi connectivity index (χ0n) is 6.93. The molecule has 0 N–H and O–H groups in total. The molecule has 0 fully saturated rings. The van der Waals surface area contributed by atoms with Gasteiger partial charge in [-0.2, -0.15) is 0 Å². The Hall–Kier alpha value is -1.25. The maximum Gasteiger partial charge on any atom is 0.246 e. The van der Waals surface area contributed by atoms with Crippen molar-refractivity contribution in [2.45, 2.75) is 19.6 Å². The van der Waals surface area contributed by atoms with Crippen LogP contribution in [0, 0.1) is 5.82 Å². The third kappa shape index (κ3) is 1.02. The summed E-state index contributed by atoms with van der Waals surface area (Å²) in [5.41, 5.74) is 0. The zero-order chi connectivity index (χ0) is 8.77. The van der Waals surface area contributed by atoms with Gasteiger partial charge in [-0.25, -0.2) is 4.39 Å². The maximum atomic E-state index is 13.0. The summed E-state index contributed by atoms with van der Waals surface area (Å²) < 4.78 is 23.6. The van der Waals surface area contributed by atoms with E-state index in [1.54, 1.807) is 26.0 Å². The molecule has 12 heavy (non-hydrogen) atoms. The minimum absolute atomic E-state index is 0.211. The Bertz CT molecular complexity index is 320. The molecule has 1 aliphatic rings. The monoisotopic (exact) mass is 168 g/mol. The SMILES string of the molecule is CC1(C)Oc2cccc(F)c2O1. The Labute approximate surface area is 69.9 Å². The van der Waals surface area contributed by atoms with Crippen LogP contribution in [0.2, 0.25) is 0 Å². The predicted molar refractivity (Wildman–Crippen MR) is 41.7 cm³/mol. The first kappa shape index (κ1) is 7.40. The van der Waals surface area contributed by atoms with Crippen LogP contribution in [0.3, 0.4) is 0 Å². The van der Waals surface area contributed by atoms with Crippen LogP contribution in [0.1, 0.15) is 13.8 Å². The van der Waals surface area contributed by atoms with Gasteiger partial charge in [0, 0.05) is 13.8 Å². The van der Waals surface area contributed by atoms with Crippen LogP contribution < -0.4 is 9.47 Å². The molecule has 0 saturated heterocycles. The summed E-state index contributed by atoms with van der Waals surface area (Å²) in [6, 6.07) is 4.63. The van der Waals surface area contributed by atoms with Crippen LogP contribution in [-0.2, 0) is 0 Å². The van der Waals surface area contributed by atoms with E-state index in [9.17, 15) is 4.39 Å². The molecule has 0 aliphatic carbocycles. The summed E-state index contributed by atoms with van der Waals surface area (Å²) in [7, 11) is 0. The zero-order valence-corrected chi connectivity index (χ0v) is 6.93. The van der Waals surface area contributed by atoms with Crippen molar-refractivity contribution in [3.63, 3.8) is 0 Å². The van der Waals surface area contributed by atoms with E-state index in [4.69, 9.17) is 9.47 Å². The highest BCUT2D eigenvalue weighted by atomic mass is 19.1. The molecule has 1 aromatic rings. The second-order valence-electron chi connectivity index (χ2n) is 3.17. The summed E-state index contributed by atoms with van der Waals surface area (Å²) in [5, 5.41) is 0. The van der Waals surface area contributed by atoms with Gasteiger partial charge in [0.2, 0.25) is 11.5 Å². The lowest BCUT2D eigenvalue weighted by atomic mass is 10.3. The van der Waals surface area contributed by atoms with Crippen molar-refractivity contribution in [3.8, 4) is 11.5 Å². The number of fused-ring (bicyclic) bond motifs is 1. The smallest absolute Gasteiger partial charge is 0.246 e. The van der Waals surface area contributed by atoms with Crippen LogP contribution in [0.4, 0.5) is 4.39 Å². The Morgan fingerprint density at radius 1 is 1.25 bits per heavy atom. The largest absolute Gasteiger partial charge is 0.449 e. The third-order valence-electron chi connectivity index (χ3n) is 1.63. The molecule has 1 heterocycles. The molecule has 0 spiro atoms. The van der Waals surface area contributed by atoms with E-state index < -0.39 is 5.79 Å². The van der Waals surface area contributed by atoms with E-state index in [0.717, 1.165) is 0 Å². The number of ether oxygens (including phenoxy) is 2. The quantitative estimate of drug-likeness (QED) is 0.592. The standard InChI is InChI=1S/C9H9FO2/c1-9(2)11-7-5-3-4-6(10)8(7)12-9/h3-5H,1-2H3. The Kier molecular flexibility index (Phi) is 1.31. The van der Waals surface area contributed by atoms with Gasteiger partial charge in [0.25, 0.3) is 0 Å². The molecule has 64 valence electrons. The van der Waals surface area contributed by atoms with E-state index in [2.05, 4.69) is 0 Å². The molecular formula is C9H9FO2. The Balaban J connectivity index is 2.48. The molecule has 0 unspecified atom stereocenters. The van der Waals surface area contributed by atoms with E-state index >= 15 is 0 Å². The second-order valence-corrected chi connectivity index (χ2v) is 3.17. The molecule has 1 aromatic carbocycles. The fraction of sp³-hybridized carbons (Fsp3) is 0.333. The van der Waals surface area contributed by atoms with Gasteiger partial charge in [-0.15, -0.1) is 0 Å². The average Bonchev–Trinajstić information content (AvgIpc) is 2.25. The molecule has 0 saturated carbocycles. The molecule has 0 bridgehead atoms. The predicted octanol–water partition coefficient (Wildman–Crippen LogP) is 2.33.